The third-order valence-corrected chi connectivity index (χ3v) is 2.08. The van der Waals surface area contributed by atoms with E-state index < -0.39 is 6.10 Å². The number of aliphatic hydroxyl groups excluding tert-OH is 2. The Hall–Kier alpha value is -0.590. The fourth-order valence-corrected chi connectivity index (χ4v) is 1.28. The van der Waals surface area contributed by atoms with Crippen molar-refractivity contribution in [2.45, 2.75) is 18.3 Å². The number of nitrogens with zero attached hydrogens (tertiary/aromatic N) is 2. The van der Waals surface area contributed by atoms with E-state index in [4.69, 9.17) is 14.6 Å². The zero-order valence-electron chi connectivity index (χ0n) is 6.60. The largest absolute Gasteiger partial charge is 0.416 e. The first-order chi connectivity index (χ1) is 5.72. The molecule has 1 atom stereocenters. The predicted molar refractivity (Wildman–Crippen MR) is 42.9 cm³/mol. The van der Waals surface area contributed by atoms with Gasteiger partial charge in [-0.2, -0.15) is 0 Å². The molecule has 0 spiro atoms. The van der Waals surface area contributed by atoms with Crippen molar-refractivity contribution in [2.24, 2.45) is 0 Å². The Bertz CT molecular complexity index is 240. The van der Waals surface area contributed by atoms with Crippen molar-refractivity contribution in [1.82, 2.24) is 10.2 Å². The number of hydrogen-bond donors (Lipinski definition) is 2. The van der Waals surface area contributed by atoms with Crippen LogP contribution in [0.15, 0.2) is 9.64 Å². The van der Waals surface area contributed by atoms with Crippen LogP contribution >= 0.6 is 11.8 Å². The molecule has 5 nitrogen and oxygen atoms in total. The molecular formula is C6H10N2O3S. The van der Waals surface area contributed by atoms with Gasteiger partial charge >= 0.3 is 0 Å². The second-order valence-electron chi connectivity index (χ2n) is 2.23. The first-order valence-electron chi connectivity index (χ1n) is 3.44. The van der Waals surface area contributed by atoms with E-state index in [9.17, 15) is 0 Å². The van der Waals surface area contributed by atoms with Gasteiger partial charge in [-0.3, -0.25) is 0 Å². The molecule has 0 saturated carbocycles. The van der Waals surface area contributed by atoms with Crippen molar-refractivity contribution in [3.8, 4) is 0 Å². The van der Waals surface area contributed by atoms with Gasteiger partial charge in [-0.15, -0.1) is 10.2 Å². The maximum absolute atomic E-state index is 8.97. The molecule has 0 amide bonds. The Morgan fingerprint density at radius 2 is 2.33 bits per heavy atom. The molecule has 0 radical (unpaired) electrons. The highest BCUT2D eigenvalue weighted by molar-refractivity contribution is 7.99. The van der Waals surface area contributed by atoms with Gasteiger partial charge in [0.2, 0.25) is 5.89 Å². The van der Waals surface area contributed by atoms with Crippen LogP contribution in [0.4, 0.5) is 0 Å². The molecule has 0 fully saturated rings. The highest BCUT2D eigenvalue weighted by Crippen LogP contribution is 2.16. The predicted octanol–water partition coefficient (Wildman–Crippen LogP) is -0.177. The molecule has 1 heterocycles. The summed E-state index contributed by atoms with van der Waals surface area (Å²) in [7, 11) is 0. The smallest absolute Gasteiger partial charge is 0.276 e. The Morgan fingerprint density at radius 1 is 1.58 bits per heavy atom. The molecule has 12 heavy (non-hydrogen) atoms. The minimum absolute atomic E-state index is 0.250. The summed E-state index contributed by atoms with van der Waals surface area (Å²) in [6.07, 6.45) is -0.734. The van der Waals surface area contributed by atoms with Gasteiger partial charge in [-0.25, -0.2) is 0 Å². The second-order valence-corrected chi connectivity index (χ2v) is 3.21. The Kier molecular flexibility index (Phi) is 3.51. The fourth-order valence-electron chi connectivity index (χ4n) is 0.557. The summed E-state index contributed by atoms with van der Waals surface area (Å²) in [5, 5.41) is 25.2. The SMILES string of the molecule is Cc1nnc(SCC(O)CO)o1. The monoisotopic (exact) mass is 190 g/mol. The molecule has 68 valence electrons. The van der Waals surface area contributed by atoms with Crippen LogP contribution in [0.5, 0.6) is 0 Å². The van der Waals surface area contributed by atoms with E-state index in [0.717, 1.165) is 0 Å². The van der Waals surface area contributed by atoms with Crippen molar-refractivity contribution in [3.05, 3.63) is 5.89 Å². The van der Waals surface area contributed by atoms with Crippen LogP contribution in [-0.4, -0.2) is 38.9 Å². The molecular weight excluding hydrogens is 180 g/mol. The summed E-state index contributed by atoms with van der Waals surface area (Å²) in [6, 6.07) is 0. The van der Waals surface area contributed by atoms with E-state index in [0.29, 0.717) is 16.9 Å². The van der Waals surface area contributed by atoms with Gasteiger partial charge in [0.15, 0.2) is 0 Å². The normalized spacial score (nSPS) is 13.2. The molecule has 0 aliphatic carbocycles. The maximum atomic E-state index is 8.97. The van der Waals surface area contributed by atoms with Gasteiger partial charge < -0.3 is 14.6 Å². The third-order valence-electron chi connectivity index (χ3n) is 1.12. The third kappa shape index (κ3) is 2.80. The lowest BCUT2D eigenvalue weighted by Gasteiger charge is -2.02. The fraction of sp³-hybridized carbons (Fsp3) is 0.667. The van der Waals surface area contributed by atoms with Crippen LogP contribution in [0, 0.1) is 6.92 Å². The minimum Gasteiger partial charge on any atom is -0.416 e. The van der Waals surface area contributed by atoms with Crippen molar-refractivity contribution in [1.29, 1.82) is 0 Å². The number of aromatic nitrogens is 2. The first-order valence-corrected chi connectivity index (χ1v) is 4.42. The van der Waals surface area contributed by atoms with Crippen LogP contribution in [0.1, 0.15) is 5.89 Å². The van der Waals surface area contributed by atoms with E-state index in [1.165, 1.54) is 11.8 Å². The lowest BCUT2D eigenvalue weighted by Crippen LogP contribution is -2.14. The van der Waals surface area contributed by atoms with Crippen LogP contribution in [0.25, 0.3) is 0 Å². The van der Waals surface area contributed by atoms with Gasteiger partial charge in [0, 0.05) is 12.7 Å². The van der Waals surface area contributed by atoms with Gasteiger partial charge in [-0.05, 0) is 0 Å². The molecule has 0 aliphatic heterocycles. The Labute approximate surface area is 73.8 Å². The zero-order valence-corrected chi connectivity index (χ0v) is 7.41. The highest BCUT2D eigenvalue weighted by atomic mass is 32.2. The van der Waals surface area contributed by atoms with Crippen molar-refractivity contribution >= 4 is 11.8 Å². The van der Waals surface area contributed by atoms with E-state index in [1.807, 2.05) is 0 Å². The van der Waals surface area contributed by atoms with Crippen molar-refractivity contribution in [3.63, 3.8) is 0 Å². The molecule has 6 heteroatoms. The number of aryl methyl sites for hydroxylation is 1. The number of hydrogen-bond acceptors (Lipinski definition) is 6. The molecule has 1 aromatic rings. The summed E-state index contributed by atoms with van der Waals surface area (Å²) in [4.78, 5) is 0. The van der Waals surface area contributed by atoms with E-state index in [1.54, 1.807) is 6.92 Å². The summed E-state index contributed by atoms with van der Waals surface area (Å²) < 4.78 is 5.03. The van der Waals surface area contributed by atoms with E-state index in [-0.39, 0.29) is 6.61 Å². The summed E-state index contributed by atoms with van der Waals surface area (Å²) in [5.41, 5.74) is 0. The van der Waals surface area contributed by atoms with Gasteiger partial charge in [0.25, 0.3) is 5.22 Å². The van der Waals surface area contributed by atoms with Crippen LogP contribution in [-0.2, 0) is 0 Å². The Morgan fingerprint density at radius 3 is 2.83 bits per heavy atom. The standard InChI is InChI=1S/C6H10N2O3S/c1-4-7-8-6(11-4)12-3-5(10)2-9/h5,9-10H,2-3H2,1H3. The van der Waals surface area contributed by atoms with Crippen molar-refractivity contribution in [2.75, 3.05) is 12.4 Å². The first kappa shape index (κ1) is 9.50. The lowest BCUT2D eigenvalue weighted by atomic mass is 10.4. The quantitative estimate of drug-likeness (QED) is 0.641. The number of rotatable bonds is 4. The molecule has 0 aliphatic rings. The lowest BCUT2D eigenvalue weighted by molar-refractivity contribution is 0.113. The summed E-state index contributed by atoms with van der Waals surface area (Å²) in [5.74, 6) is 0.856. The molecule has 1 rings (SSSR count). The average Bonchev–Trinajstić information content (AvgIpc) is 2.47. The number of aliphatic hydroxyl groups is 2. The maximum Gasteiger partial charge on any atom is 0.276 e. The topological polar surface area (TPSA) is 79.4 Å². The molecule has 2 N–H and O–H groups in total. The molecule has 0 bridgehead atoms. The minimum atomic E-state index is -0.734. The molecule has 0 saturated heterocycles. The van der Waals surface area contributed by atoms with E-state index in [2.05, 4.69) is 10.2 Å². The van der Waals surface area contributed by atoms with Crippen LogP contribution in [0.3, 0.4) is 0 Å². The average molecular weight is 190 g/mol. The van der Waals surface area contributed by atoms with Crippen LogP contribution < -0.4 is 0 Å². The second kappa shape index (κ2) is 4.44. The van der Waals surface area contributed by atoms with Gasteiger partial charge in [0.1, 0.15) is 0 Å². The van der Waals surface area contributed by atoms with Gasteiger partial charge in [0.05, 0.1) is 12.7 Å². The summed E-state index contributed by atoms with van der Waals surface area (Å²) in [6.45, 7) is 1.44. The highest BCUT2D eigenvalue weighted by Gasteiger charge is 2.07. The Balaban J connectivity index is 2.33. The van der Waals surface area contributed by atoms with E-state index >= 15 is 0 Å². The van der Waals surface area contributed by atoms with Crippen LogP contribution in [0.2, 0.25) is 0 Å². The molecule has 1 aromatic heterocycles. The summed E-state index contributed by atoms with van der Waals surface area (Å²) >= 11 is 1.22. The molecule has 0 aromatic carbocycles. The zero-order chi connectivity index (χ0) is 8.97. The number of thioether (sulfide) groups is 1. The van der Waals surface area contributed by atoms with Gasteiger partial charge in [-0.1, -0.05) is 11.8 Å². The van der Waals surface area contributed by atoms with Crippen molar-refractivity contribution < 1.29 is 14.6 Å². The molecule has 1 unspecified atom stereocenters.